The second-order valence-electron chi connectivity index (χ2n) is 5.53. The highest BCUT2D eigenvalue weighted by atomic mass is 35.7. The average molecular weight is 319 g/mol. The van der Waals surface area contributed by atoms with Gasteiger partial charge in [0, 0.05) is 10.7 Å². The van der Waals surface area contributed by atoms with Crippen LogP contribution < -0.4 is 0 Å². The summed E-state index contributed by atoms with van der Waals surface area (Å²) in [5.74, 6) is -0.302. The van der Waals surface area contributed by atoms with Gasteiger partial charge in [-0.2, -0.15) is 0 Å². The first-order valence-electron chi connectivity index (χ1n) is 6.12. The third kappa shape index (κ3) is 3.73. The number of carbonyl (C=O) groups is 1. The highest BCUT2D eigenvalue weighted by Crippen LogP contribution is 2.29. The lowest BCUT2D eigenvalue weighted by atomic mass is 9.84. The molecule has 0 aromatic heterocycles. The zero-order chi connectivity index (χ0) is 15.7. The number of ether oxygens (including phenoxy) is 1. The van der Waals surface area contributed by atoms with Crippen molar-refractivity contribution in [3.63, 3.8) is 0 Å². The zero-order valence-corrected chi connectivity index (χ0v) is 13.9. The first-order chi connectivity index (χ1) is 8.99. The van der Waals surface area contributed by atoms with Gasteiger partial charge in [0.05, 0.1) is 17.4 Å². The average Bonchev–Trinajstić information content (AvgIpc) is 2.30. The van der Waals surface area contributed by atoms with Crippen LogP contribution >= 0.6 is 10.7 Å². The predicted molar refractivity (Wildman–Crippen MR) is 78.5 cm³/mol. The Kier molecular flexibility index (Phi) is 4.87. The van der Waals surface area contributed by atoms with Gasteiger partial charge in [-0.3, -0.25) is 4.79 Å². The maximum Gasteiger partial charge on any atom is 0.311 e. The minimum absolute atomic E-state index is 0.108. The summed E-state index contributed by atoms with van der Waals surface area (Å²) in [6.07, 6.45) is 0.467. The van der Waals surface area contributed by atoms with E-state index in [1.165, 1.54) is 7.11 Å². The van der Waals surface area contributed by atoms with Gasteiger partial charge in [-0.05, 0) is 56.9 Å². The topological polar surface area (TPSA) is 60.4 Å². The van der Waals surface area contributed by atoms with Crippen LogP contribution in [0, 0.1) is 19.3 Å². The van der Waals surface area contributed by atoms with Crippen LogP contribution in [-0.4, -0.2) is 21.5 Å². The monoisotopic (exact) mass is 318 g/mol. The number of aryl methyl sites for hydroxylation is 2. The Labute approximate surface area is 124 Å². The summed E-state index contributed by atoms with van der Waals surface area (Å²) in [6, 6.07) is 3.30. The number of halogens is 1. The molecule has 0 aliphatic carbocycles. The fraction of sp³-hybridized carbons (Fsp3) is 0.500. The van der Waals surface area contributed by atoms with E-state index in [4.69, 9.17) is 15.4 Å². The quantitative estimate of drug-likeness (QED) is 0.632. The molecule has 1 rings (SSSR count). The van der Waals surface area contributed by atoms with Gasteiger partial charge in [-0.15, -0.1) is 0 Å². The zero-order valence-electron chi connectivity index (χ0n) is 12.3. The first kappa shape index (κ1) is 17.0. The van der Waals surface area contributed by atoms with Crippen LogP contribution in [0.4, 0.5) is 0 Å². The third-order valence-electron chi connectivity index (χ3n) is 3.27. The Hall–Kier alpha value is -1.07. The Balaban J connectivity index is 3.24. The van der Waals surface area contributed by atoms with Crippen LogP contribution in [-0.2, 0) is 25.0 Å². The number of rotatable bonds is 4. The summed E-state index contributed by atoms with van der Waals surface area (Å²) >= 11 is 0. The van der Waals surface area contributed by atoms with Crippen molar-refractivity contribution in [1.82, 2.24) is 0 Å². The second kappa shape index (κ2) is 5.74. The Bertz CT molecular complexity index is 633. The standard InChI is InChI=1S/C14H19ClO4S/c1-9-7-12(20(15,17)18)10(2)6-11(9)8-14(3,4)13(16)19-5/h6-7H,8H2,1-5H3. The minimum atomic E-state index is -3.76. The molecule has 0 saturated carbocycles. The SMILES string of the molecule is COC(=O)C(C)(C)Cc1cc(C)c(S(=O)(=O)Cl)cc1C. The van der Waals surface area contributed by atoms with Crippen molar-refractivity contribution in [3.8, 4) is 0 Å². The number of hydrogen-bond acceptors (Lipinski definition) is 4. The van der Waals surface area contributed by atoms with Gasteiger partial charge in [0.1, 0.15) is 0 Å². The molecular formula is C14H19ClO4S. The molecule has 0 spiro atoms. The number of hydrogen-bond donors (Lipinski definition) is 0. The molecule has 4 nitrogen and oxygen atoms in total. The smallest absolute Gasteiger partial charge is 0.311 e. The van der Waals surface area contributed by atoms with Crippen LogP contribution in [0.5, 0.6) is 0 Å². The lowest BCUT2D eigenvalue weighted by molar-refractivity contribution is -0.150. The largest absolute Gasteiger partial charge is 0.469 e. The van der Waals surface area contributed by atoms with Gasteiger partial charge in [-0.25, -0.2) is 8.42 Å². The molecule has 0 saturated heterocycles. The summed E-state index contributed by atoms with van der Waals surface area (Å²) in [6.45, 7) is 7.07. The fourth-order valence-corrected chi connectivity index (χ4v) is 3.39. The predicted octanol–water partition coefficient (Wildman–Crippen LogP) is 2.97. The summed E-state index contributed by atoms with van der Waals surface area (Å²) in [5.41, 5.74) is 1.59. The van der Waals surface area contributed by atoms with Gasteiger partial charge in [0.2, 0.25) is 0 Å². The molecule has 0 atom stereocenters. The lowest BCUT2D eigenvalue weighted by Gasteiger charge is -2.23. The summed E-state index contributed by atoms with van der Waals surface area (Å²) < 4.78 is 27.7. The lowest BCUT2D eigenvalue weighted by Crippen LogP contribution is -2.28. The molecule has 0 aliphatic rings. The molecule has 0 heterocycles. The van der Waals surface area contributed by atoms with Gasteiger partial charge >= 0.3 is 5.97 Å². The van der Waals surface area contributed by atoms with E-state index in [2.05, 4.69) is 0 Å². The van der Waals surface area contributed by atoms with Crippen LogP contribution in [0.2, 0.25) is 0 Å². The van der Waals surface area contributed by atoms with Gasteiger partial charge in [0.15, 0.2) is 0 Å². The van der Waals surface area contributed by atoms with E-state index in [-0.39, 0.29) is 10.9 Å². The van der Waals surface area contributed by atoms with Crippen LogP contribution in [0.1, 0.15) is 30.5 Å². The third-order valence-corrected chi connectivity index (χ3v) is 4.73. The molecule has 0 N–H and O–H groups in total. The van der Waals surface area contributed by atoms with E-state index < -0.39 is 14.5 Å². The van der Waals surface area contributed by atoms with Crippen LogP contribution in [0.15, 0.2) is 17.0 Å². The fourth-order valence-electron chi connectivity index (χ4n) is 2.13. The Morgan fingerprint density at radius 3 is 2.25 bits per heavy atom. The van der Waals surface area contributed by atoms with Gasteiger partial charge < -0.3 is 4.74 Å². The minimum Gasteiger partial charge on any atom is -0.469 e. The second-order valence-corrected chi connectivity index (χ2v) is 8.07. The molecule has 112 valence electrons. The molecule has 1 aromatic carbocycles. The van der Waals surface area contributed by atoms with Crippen molar-refractivity contribution in [3.05, 3.63) is 28.8 Å². The van der Waals surface area contributed by atoms with Crippen molar-refractivity contribution in [2.75, 3.05) is 7.11 Å². The molecule has 0 bridgehead atoms. The maximum atomic E-state index is 11.7. The molecule has 20 heavy (non-hydrogen) atoms. The Morgan fingerprint density at radius 1 is 1.25 bits per heavy atom. The maximum absolute atomic E-state index is 11.7. The van der Waals surface area contributed by atoms with Crippen molar-refractivity contribution < 1.29 is 17.9 Å². The molecule has 6 heteroatoms. The van der Waals surface area contributed by atoms with E-state index in [9.17, 15) is 13.2 Å². The highest BCUT2D eigenvalue weighted by Gasteiger charge is 2.30. The Morgan fingerprint density at radius 2 is 1.80 bits per heavy atom. The summed E-state index contributed by atoms with van der Waals surface area (Å²) in [4.78, 5) is 11.8. The molecule has 0 amide bonds. The molecule has 0 aliphatic heterocycles. The highest BCUT2D eigenvalue weighted by molar-refractivity contribution is 8.13. The normalized spacial score (nSPS) is 12.3. The number of benzene rings is 1. The molecular weight excluding hydrogens is 300 g/mol. The van der Waals surface area contributed by atoms with E-state index >= 15 is 0 Å². The van der Waals surface area contributed by atoms with Crippen molar-refractivity contribution in [2.45, 2.75) is 39.0 Å². The van der Waals surface area contributed by atoms with Crippen molar-refractivity contribution in [2.24, 2.45) is 5.41 Å². The van der Waals surface area contributed by atoms with Crippen LogP contribution in [0.25, 0.3) is 0 Å². The number of carbonyl (C=O) groups excluding carboxylic acids is 1. The van der Waals surface area contributed by atoms with Crippen molar-refractivity contribution >= 4 is 25.7 Å². The molecule has 0 unspecified atom stereocenters. The van der Waals surface area contributed by atoms with Crippen molar-refractivity contribution in [1.29, 1.82) is 0 Å². The first-order valence-corrected chi connectivity index (χ1v) is 8.43. The van der Waals surface area contributed by atoms with E-state index in [1.54, 1.807) is 39.8 Å². The van der Waals surface area contributed by atoms with Gasteiger partial charge in [0.25, 0.3) is 9.05 Å². The molecule has 1 aromatic rings. The van der Waals surface area contributed by atoms with Gasteiger partial charge in [-0.1, -0.05) is 6.07 Å². The van der Waals surface area contributed by atoms with E-state index in [0.717, 1.165) is 11.1 Å². The van der Waals surface area contributed by atoms with E-state index in [0.29, 0.717) is 12.0 Å². The van der Waals surface area contributed by atoms with Crippen LogP contribution in [0.3, 0.4) is 0 Å². The van der Waals surface area contributed by atoms with E-state index in [1.807, 2.05) is 0 Å². The number of esters is 1. The summed E-state index contributed by atoms with van der Waals surface area (Å²) in [5, 5.41) is 0. The number of methoxy groups -OCH3 is 1. The molecule has 0 radical (unpaired) electrons. The molecule has 0 fully saturated rings. The summed E-state index contributed by atoms with van der Waals surface area (Å²) in [7, 11) is 2.99.